The second-order valence-corrected chi connectivity index (χ2v) is 9.14. The number of carbonyl (C=O) groups is 2. The number of benzene rings is 1. The summed E-state index contributed by atoms with van der Waals surface area (Å²) in [5.74, 6) is -1.41. The van der Waals surface area contributed by atoms with E-state index in [1.165, 1.54) is 16.8 Å². The summed E-state index contributed by atoms with van der Waals surface area (Å²) in [4.78, 5) is 39.0. The molecule has 0 aliphatic carbocycles. The van der Waals surface area contributed by atoms with Crippen molar-refractivity contribution in [1.29, 1.82) is 5.26 Å². The SMILES string of the molecule is CCn1c(=C=C(C#N)C(=O)NCC(F)(F)F)sc(=C=CNc2cccc(NC(=O)CN3CCOCC3)c2)c1=O. The zero-order valence-electron chi connectivity index (χ0n) is 20.9. The highest BCUT2D eigenvalue weighted by Crippen LogP contribution is 2.15. The topological polar surface area (TPSA) is 128 Å². The normalized spacial score (nSPS) is 13.4. The van der Waals surface area contributed by atoms with Crippen LogP contribution in [0.5, 0.6) is 0 Å². The number of nitrogens with zero attached hydrogens (tertiary/aromatic N) is 3. The minimum atomic E-state index is -4.64. The van der Waals surface area contributed by atoms with Crippen LogP contribution in [-0.4, -0.2) is 66.9 Å². The van der Waals surface area contributed by atoms with Crippen molar-refractivity contribution >= 4 is 46.0 Å². The molecule has 1 aliphatic rings. The van der Waals surface area contributed by atoms with Crippen molar-refractivity contribution in [2.75, 3.05) is 50.0 Å². The van der Waals surface area contributed by atoms with Gasteiger partial charge in [-0.2, -0.15) is 18.4 Å². The third-order valence-corrected chi connectivity index (χ3v) is 6.29. The Morgan fingerprint density at radius 1 is 1.23 bits per heavy atom. The van der Waals surface area contributed by atoms with Gasteiger partial charge >= 0.3 is 6.18 Å². The Hall–Kier alpha value is -4.11. The average Bonchev–Trinajstić information content (AvgIpc) is 3.19. The van der Waals surface area contributed by atoms with E-state index in [1.807, 2.05) is 4.90 Å². The van der Waals surface area contributed by atoms with E-state index in [0.717, 1.165) is 11.3 Å². The second-order valence-electron chi connectivity index (χ2n) is 8.15. The lowest BCUT2D eigenvalue weighted by atomic mass is 10.2. The van der Waals surface area contributed by atoms with Crippen LogP contribution in [0.4, 0.5) is 24.5 Å². The summed E-state index contributed by atoms with van der Waals surface area (Å²) in [5.41, 5.74) is 5.26. The van der Waals surface area contributed by atoms with Gasteiger partial charge in [0.05, 0.1) is 19.8 Å². The molecule has 39 heavy (non-hydrogen) atoms. The van der Waals surface area contributed by atoms with Crippen LogP contribution in [0.15, 0.2) is 40.8 Å². The van der Waals surface area contributed by atoms with Gasteiger partial charge in [0.2, 0.25) is 5.91 Å². The first-order chi connectivity index (χ1) is 18.6. The van der Waals surface area contributed by atoms with E-state index in [4.69, 9.17) is 4.74 Å². The number of carbonyl (C=O) groups excluding carboxylic acids is 2. The summed E-state index contributed by atoms with van der Waals surface area (Å²) in [6.07, 6.45) is -3.25. The number of halogens is 3. The van der Waals surface area contributed by atoms with Crippen LogP contribution >= 0.6 is 11.3 Å². The quantitative estimate of drug-likeness (QED) is 0.320. The van der Waals surface area contributed by atoms with Crippen molar-refractivity contribution in [3.8, 4) is 6.07 Å². The lowest BCUT2D eigenvalue weighted by molar-refractivity contribution is -0.136. The number of thiazole rings is 1. The summed E-state index contributed by atoms with van der Waals surface area (Å²) in [6.45, 7) is 3.04. The maximum atomic E-state index is 12.7. The van der Waals surface area contributed by atoms with Crippen LogP contribution in [0, 0.1) is 11.3 Å². The molecule has 2 heterocycles. The van der Waals surface area contributed by atoms with Gasteiger partial charge in [0.15, 0.2) is 5.57 Å². The van der Waals surface area contributed by atoms with Crippen molar-refractivity contribution in [3.63, 3.8) is 0 Å². The van der Waals surface area contributed by atoms with Crippen molar-refractivity contribution < 1.29 is 27.5 Å². The predicted octanol–water partition coefficient (Wildman–Crippen LogP) is 0.713. The number of hydrogen-bond acceptors (Lipinski definition) is 8. The molecule has 0 unspecified atom stereocenters. The monoisotopic (exact) mass is 562 g/mol. The van der Waals surface area contributed by atoms with Crippen molar-refractivity contribution in [3.05, 3.63) is 55.6 Å². The van der Waals surface area contributed by atoms with Crippen LogP contribution < -0.4 is 30.7 Å². The summed E-state index contributed by atoms with van der Waals surface area (Å²) in [6, 6.07) is 8.43. The Morgan fingerprint density at radius 2 is 1.95 bits per heavy atom. The lowest BCUT2D eigenvalue weighted by Gasteiger charge is -2.25. The Labute approximate surface area is 225 Å². The first kappa shape index (κ1) is 29.4. The molecule has 3 N–H and O–H groups in total. The average molecular weight is 563 g/mol. The molecule has 0 atom stereocenters. The van der Waals surface area contributed by atoms with Gasteiger partial charge in [-0.3, -0.25) is 23.9 Å². The van der Waals surface area contributed by atoms with Gasteiger partial charge in [-0.05, 0) is 25.1 Å². The molecular weight excluding hydrogens is 537 g/mol. The molecule has 1 aromatic carbocycles. The summed E-state index contributed by atoms with van der Waals surface area (Å²) in [5, 5.41) is 16.6. The molecule has 0 saturated carbocycles. The highest BCUT2D eigenvalue weighted by Gasteiger charge is 2.28. The fourth-order valence-corrected chi connectivity index (χ4v) is 4.41. The predicted molar refractivity (Wildman–Crippen MR) is 139 cm³/mol. The van der Waals surface area contributed by atoms with Crippen LogP contribution in [0.1, 0.15) is 6.92 Å². The van der Waals surface area contributed by atoms with Gasteiger partial charge in [-0.1, -0.05) is 28.9 Å². The molecule has 3 rings (SSSR count). The number of amides is 2. The minimum Gasteiger partial charge on any atom is -0.379 e. The minimum absolute atomic E-state index is 0.0853. The van der Waals surface area contributed by atoms with E-state index in [1.54, 1.807) is 36.5 Å². The first-order valence-corrected chi connectivity index (χ1v) is 12.6. The van der Waals surface area contributed by atoms with Gasteiger partial charge < -0.3 is 20.7 Å². The number of anilines is 2. The molecule has 10 nitrogen and oxygen atoms in total. The zero-order valence-corrected chi connectivity index (χ0v) is 21.7. The molecular formula is C25H25F3N6O4S. The molecule has 0 bridgehead atoms. The van der Waals surface area contributed by atoms with E-state index in [-0.39, 0.29) is 28.2 Å². The molecule has 2 aromatic rings. The van der Waals surface area contributed by atoms with E-state index < -0.39 is 29.8 Å². The summed E-state index contributed by atoms with van der Waals surface area (Å²) in [7, 11) is 0. The van der Waals surface area contributed by atoms with Gasteiger partial charge in [-0.25, -0.2) is 0 Å². The number of alkyl halides is 3. The number of hydrogen-bond donors (Lipinski definition) is 3. The largest absolute Gasteiger partial charge is 0.405 e. The number of nitrogens with one attached hydrogen (secondary N) is 3. The molecule has 0 radical (unpaired) electrons. The Bertz CT molecular complexity index is 1510. The van der Waals surface area contributed by atoms with Crippen LogP contribution in [-0.2, 0) is 20.9 Å². The number of rotatable bonds is 8. The van der Waals surface area contributed by atoms with E-state index >= 15 is 0 Å². The molecule has 206 valence electrons. The van der Waals surface area contributed by atoms with E-state index in [0.29, 0.717) is 37.7 Å². The van der Waals surface area contributed by atoms with E-state index in [2.05, 4.69) is 22.1 Å². The maximum Gasteiger partial charge on any atom is 0.405 e. The Morgan fingerprint density at radius 3 is 2.62 bits per heavy atom. The number of ether oxygens (including phenoxy) is 1. The molecule has 1 fully saturated rings. The van der Waals surface area contributed by atoms with Crippen molar-refractivity contribution in [1.82, 2.24) is 14.8 Å². The summed E-state index contributed by atoms with van der Waals surface area (Å²) < 4.78 is 43.8. The second kappa shape index (κ2) is 13.6. The van der Waals surface area contributed by atoms with Gasteiger partial charge in [0.25, 0.3) is 11.5 Å². The molecule has 1 saturated heterocycles. The molecule has 1 aromatic heterocycles. The molecule has 1 aliphatic heterocycles. The third-order valence-electron chi connectivity index (χ3n) is 5.28. The van der Waals surface area contributed by atoms with Crippen molar-refractivity contribution in [2.45, 2.75) is 19.6 Å². The molecule has 14 heteroatoms. The number of aromatic nitrogens is 1. The Kier molecular flexibility index (Phi) is 10.3. The smallest absolute Gasteiger partial charge is 0.379 e. The Balaban J connectivity index is 1.80. The molecule has 0 spiro atoms. The van der Waals surface area contributed by atoms with Gasteiger partial charge in [0.1, 0.15) is 21.8 Å². The van der Waals surface area contributed by atoms with Crippen molar-refractivity contribution in [2.24, 2.45) is 0 Å². The van der Waals surface area contributed by atoms with Gasteiger partial charge in [0, 0.05) is 37.2 Å². The summed E-state index contributed by atoms with van der Waals surface area (Å²) >= 11 is 0.871. The van der Waals surface area contributed by atoms with Crippen LogP contribution in [0.25, 0.3) is 11.5 Å². The van der Waals surface area contributed by atoms with Crippen LogP contribution in [0.2, 0.25) is 0 Å². The van der Waals surface area contributed by atoms with Crippen LogP contribution in [0.3, 0.4) is 0 Å². The number of morpholine rings is 1. The fourth-order valence-electron chi connectivity index (χ4n) is 3.43. The standard InChI is InChI=1S/C25H25F3N6O4S/c1-2-34-22(12-17(14-29)23(36)31-16-25(26,27)28)39-20(24(34)37)6-7-30-18-4-3-5-19(13-18)32-21(35)15-33-8-10-38-11-9-33/h3-5,7,13,30H,2,8-11,15-16H2,1H3,(H,31,36)(H,32,35). The maximum absolute atomic E-state index is 12.7. The van der Waals surface area contributed by atoms with E-state index in [9.17, 15) is 32.8 Å². The highest BCUT2D eigenvalue weighted by molar-refractivity contribution is 7.07. The molecule has 2 amide bonds. The highest BCUT2D eigenvalue weighted by atomic mass is 32.1. The third kappa shape index (κ3) is 9.00. The zero-order chi connectivity index (χ0) is 28.4. The fraction of sp³-hybridized carbons (Fsp3) is 0.360. The first-order valence-electron chi connectivity index (χ1n) is 11.8. The lowest BCUT2D eigenvalue weighted by Crippen LogP contribution is -2.41. The van der Waals surface area contributed by atoms with Gasteiger partial charge in [-0.15, -0.1) is 0 Å². The number of nitriles is 1.